The lowest BCUT2D eigenvalue weighted by molar-refractivity contribution is 0.0613. The highest BCUT2D eigenvalue weighted by atomic mass is 16.3. The molecule has 2 aliphatic rings. The van der Waals surface area contributed by atoms with Crippen molar-refractivity contribution in [1.82, 2.24) is 20.7 Å². The zero-order valence-corrected chi connectivity index (χ0v) is 13.5. The van der Waals surface area contributed by atoms with Gasteiger partial charge in [-0.05, 0) is 48.6 Å². The first kappa shape index (κ1) is 15.4. The average molecular weight is 326 g/mol. The van der Waals surface area contributed by atoms with E-state index >= 15 is 0 Å². The van der Waals surface area contributed by atoms with Gasteiger partial charge in [-0.15, -0.1) is 0 Å². The molecule has 0 radical (unpaired) electrons. The van der Waals surface area contributed by atoms with Gasteiger partial charge in [0.1, 0.15) is 0 Å². The van der Waals surface area contributed by atoms with E-state index in [-0.39, 0.29) is 5.91 Å². The Morgan fingerprint density at radius 3 is 2.96 bits per heavy atom. The molecule has 4 heterocycles. The van der Waals surface area contributed by atoms with E-state index in [2.05, 4.69) is 28.0 Å². The molecule has 2 saturated heterocycles. The molecule has 4 rings (SSSR count). The van der Waals surface area contributed by atoms with Crippen molar-refractivity contribution in [3.05, 3.63) is 54.2 Å². The highest BCUT2D eigenvalue weighted by Gasteiger charge is 2.37. The topological polar surface area (TPSA) is 70.4 Å². The van der Waals surface area contributed by atoms with Crippen molar-refractivity contribution >= 4 is 5.91 Å². The SMILES string of the molecule is O=C(c1ccco1)N1CCCC(C2NNCC2c2ccncc2)C1. The second-order valence-electron chi connectivity index (χ2n) is 6.57. The van der Waals surface area contributed by atoms with E-state index in [4.69, 9.17) is 4.42 Å². The number of amides is 1. The number of carbonyl (C=O) groups is 1. The fourth-order valence-corrected chi connectivity index (χ4v) is 3.94. The van der Waals surface area contributed by atoms with Crippen LogP contribution in [0.15, 0.2) is 47.3 Å². The van der Waals surface area contributed by atoms with Crippen molar-refractivity contribution < 1.29 is 9.21 Å². The third kappa shape index (κ3) is 2.95. The van der Waals surface area contributed by atoms with Gasteiger partial charge < -0.3 is 9.32 Å². The molecule has 0 aliphatic carbocycles. The van der Waals surface area contributed by atoms with Gasteiger partial charge in [0.25, 0.3) is 5.91 Å². The first-order valence-corrected chi connectivity index (χ1v) is 8.54. The van der Waals surface area contributed by atoms with Crippen LogP contribution in [0.1, 0.15) is 34.9 Å². The summed E-state index contributed by atoms with van der Waals surface area (Å²) in [6, 6.07) is 7.99. The highest BCUT2D eigenvalue weighted by Crippen LogP contribution is 2.31. The first-order valence-electron chi connectivity index (χ1n) is 8.54. The van der Waals surface area contributed by atoms with Crippen LogP contribution >= 0.6 is 0 Å². The number of nitrogens with one attached hydrogen (secondary N) is 2. The third-order valence-electron chi connectivity index (χ3n) is 5.14. The second kappa shape index (κ2) is 6.75. The van der Waals surface area contributed by atoms with Crippen molar-refractivity contribution in [3.63, 3.8) is 0 Å². The van der Waals surface area contributed by atoms with Gasteiger partial charge in [0.2, 0.25) is 0 Å². The summed E-state index contributed by atoms with van der Waals surface area (Å²) in [5.74, 6) is 1.25. The zero-order chi connectivity index (χ0) is 16.4. The fourth-order valence-electron chi connectivity index (χ4n) is 3.94. The summed E-state index contributed by atoms with van der Waals surface area (Å²) in [6.45, 7) is 2.47. The van der Waals surface area contributed by atoms with Crippen LogP contribution in [-0.4, -0.2) is 41.5 Å². The average Bonchev–Trinajstić information content (AvgIpc) is 3.34. The molecule has 0 spiro atoms. The van der Waals surface area contributed by atoms with E-state index in [0.29, 0.717) is 23.6 Å². The van der Waals surface area contributed by atoms with Crippen molar-refractivity contribution in [2.45, 2.75) is 24.8 Å². The number of aromatic nitrogens is 1. The van der Waals surface area contributed by atoms with Crippen LogP contribution in [0.2, 0.25) is 0 Å². The van der Waals surface area contributed by atoms with E-state index in [1.807, 2.05) is 17.3 Å². The van der Waals surface area contributed by atoms with Gasteiger partial charge in [0, 0.05) is 44.0 Å². The number of hydrogen-bond acceptors (Lipinski definition) is 5. The summed E-state index contributed by atoms with van der Waals surface area (Å²) < 4.78 is 5.27. The van der Waals surface area contributed by atoms with Crippen molar-refractivity contribution in [2.75, 3.05) is 19.6 Å². The fraction of sp³-hybridized carbons (Fsp3) is 0.444. The van der Waals surface area contributed by atoms with Crippen molar-refractivity contribution in [2.24, 2.45) is 5.92 Å². The van der Waals surface area contributed by atoms with E-state index in [1.54, 1.807) is 18.4 Å². The Hall–Kier alpha value is -2.18. The molecular formula is C18H22N4O2. The molecular weight excluding hydrogens is 304 g/mol. The van der Waals surface area contributed by atoms with Gasteiger partial charge in [0.15, 0.2) is 5.76 Å². The number of hydrazine groups is 1. The summed E-state index contributed by atoms with van der Waals surface area (Å²) in [7, 11) is 0. The van der Waals surface area contributed by atoms with Crippen LogP contribution < -0.4 is 10.9 Å². The molecule has 2 N–H and O–H groups in total. The van der Waals surface area contributed by atoms with Gasteiger partial charge in [-0.25, -0.2) is 0 Å². The Labute approximate surface area is 141 Å². The lowest BCUT2D eigenvalue weighted by atomic mass is 9.81. The van der Waals surface area contributed by atoms with Gasteiger partial charge in [-0.3, -0.25) is 20.6 Å². The van der Waals surface area contributed by atoms with E-state index in [9.17, 15) is 4.79 Å². The molecule has 1 amide bonds. The van der Waals surface area contributed by atoms with Crippen LogP contribution in [0.4, 0.5) is 0 Å². The predicted molar refractivity (Wildman–Crippen MR) is 89.2 cm³/mol. The molecule has 2 aromatic rings. The molecule has 2 aromatic heterocycles. The molecule has 6 heteroatoms. The number of pyridine rings is 1. The maximum Gasteiger partial charge on any atom is 0.289 e. The minimum absolute atomic E-state index is 0.00360. The van der Waals surface area contributed by atoms with Crippen LogP contribution in [0.3, 0.4) is 0 Å². The number of furan rings is 1. The molecule has 2 aliphatic heterocycles. The molecule has 0 bridgehead atoms. The number of carbonyl (C=O) groups excluding carboxylic acids is 1. The number of hydrogen-bond donors (Lipinski definition) is 2. The van der Waals surface area contributed by atoms with Gasteiger partial charge in [-0.1, -0.05) is 0 Å². The molecule has 2 fully saturated rings. The largest absolute Gasteiger partial charge is 0.459 e. The lowest BCUT2D eigenvalue weighted by Crippen LogP contribution is -2.48. The Balaban J connectivity index is 1.48. The van der Waals surface area contributed by atoms with Crippen molar-refractivity contribution in [1.29, 1.82) is 0 Å². The molecule has 6 nitrogen and oxygen atoms in total. The number of nitrogens with zero attached hydrogens (tertiary/aromatic N) is 2. The smallest absolute Gasteiger partial charge is 0.289 e. The Morgan fingerprint density at radius 1 is 1.29 bits per heavy atom. The lowest BCUT2D eigenvalue weighted by Gasteiger charge is -2.37. The molecule has 126 valence electrons. The minimum Gasteiger partial charge on any atom is -0.459 e. The van der Waals surface area contributed by atoms with Gasteiger partial charge >= 0.3 is 0 Å². The third-order valence-corrected chi connectivity index (χ3v) is 5.14. The first-order chi connectivity index (χ1) is 11.8. The summed E-state index contributed by atoms with van der Waals surface area (Å²) in [6.07, 6.45) is 7.40. The molecule has 24 heavy (non-hydrogen) atoms. The highest BCUT2D eigenvalue weighted by molar-refractivity contribution is 5.91. The van der Waals surface area contributed by atoms with Gasteiger partial charge in [-0.2, -0.15) is 0 Å². The standard InChI is InChI=1S/C18H22N4O2/c23-18(16-4-2-10-24-16)22-9-1-3-14(12-22)17-15(11-20-21-17)13-5-7-19-8-6-13/h2,4-8,10,14-15,17,20-21H,1,3,9,11-12H2. The molecule has 3 unspecified atom stereocenters. The minimum atomic E-state index is -0.00360. The quantitative estimate of drug-likeness (QED) is 0.900. The monoisotopic (exact) mass is 326 g/mol. The number of likely N-dealkylation sites (tertiary alicyclic amines) is 1. The summed E-state index contributed by atoms with van der Waals surface area (Å²) >= 11 is 0. The van der Waals surface area contributed by atoms with Crippen LogP contribution in [-0.2, 0) is 0 Å². The number of piperidine rings is 1. The van der Waals surface area contributed by atoms with E-state index in [1.165, 1.54) is 5.56 Å². The maximum atomic E-state index is 12.6. The second-order valence-corrected chi connectivity index (χ2v) is 6.57. The normalized spacial score (nSPS) is 27.3. The van der Waals surface area contributed by atoms with E-state index in [0.717, 1.165) is 32.5 Å². The Bertz CT molecular complexity index is 674. The predicted octanol–water partition coefficient (Wildman–Crippen LogP) is 1.79. The van der Waals surface area contributed by atoms with Crippen LogP contribution in [0.25, 0.3) is 0 Å². The van der Waals surface area contributed by atoms with Crippen LogP contribution in [0, 0.1) is 5.92 Å². The van der Waals surface area contributed by atoms with Crippen molar-refractivity contribution in [3.8, 4) is 0 Å². The molecule has 0 saturated carbocycles. The summed E-state index contributed by atoms with van der Waals surface area (Å²) in [5.41, 5.74) is 8.03. The van der Waals surface area contributed by atoms with E-state index < -0.39 is 0 Å². The number of rotatable bonds is 3. The Morgan fingerprint density at radius 2 is 2.17 bits per heavy atom. The van der Waals surface area contributed by atoms with Gasteiger partial charge in [0.05, 0.1) is 6.26 Å². The Kier molecular flexibility index (Phi) is 4.32. The molecule has 3 atom stereocenters. The summed E-state index contributed by atoms with van der Waals surface area (Å²) in [4.78, 5) is 18.6. The summed E-state index contributed by atoms with van der Waals surface area (Å²) in [5, 5.41) is 0. The zero-order valence-electron chi connectivity index (χ0n) is 13.5. The van der Waals surface area contributed by atoms with Crippen LogP contribution in [0.5, 0.6) is 0 Å². The maximum absolute atomic E-state index is 12.6. The molecule has 0 aromatic carbocycles.